The van der Waals surface area contributed by atoms with E-state index < -0.39 is 11.6 Å². The summed E-state index contributed by atoms with van der Waals surface area (Å²) in [5.41, 5.74) is 4.37. The number of ether oxygens (including phenoxy) is 3. The van der Waals surface area contributed by atoms with E-state index in [2.05, 4.69) is 12.1 Å². The first-order valence-electron chi connectivity index (χ1n) is 14.4. The summed E-state index contributed by atoms with van der Waals surface area (Å²) < 4.78 is 18.2. The van der Waals surface area contributed by atoms with Crippen LogP contribution in [0.5, 0.6) is 11.5 Å². The maximum atomic E-state index is 13.7. The molecule has 0 atom stereocenters. The lowest BCUT2D eigenvalue weighted by Crippen LogP contribution is -2.52. The van der Waals surface area contributed by atoms with Crippen molar-refractivity contribution in [3.8, 4) is 22.9 Å². The Labute approximate surface area is 251 Å². The van der Waals surface area contributed by atoms with Crippen LogP contribution in [0.3, 0.4) is 0 Å². The van der Waals surface area contributed by atoms with Crippen molar-refractivity contribution < 1.29 is 28.6 Å². The maximum Gasteiger partial charge on any atom is 0.410 e. The van der Waals surface area contributed by atoms with Crippen LogP contribution in [0.15, 0.2) is 36.5 Å². The van der Waals surface area contributed by atoms with Crippen LogP contribution in [0.4, 0.5) is 15.4 Å². The number of imidazole rings is 1. The Kier molecular flexibility index (Phi) is 8.09. The SMILES string of the molecule is COc1ccc(CN2C(=O)CCN(c3cnc(-c4cc5c(cc4C)CN(C(=O)OC(C)(C)C)CC5)n3C)C2=O)c(OC)c1. The maximum absolute atomic E-state index is 13.7. The number of rotatable bonds is 6. The molecule has 1 fully saturated rings. The van der Waals surface area contributed by atoms with Gasteiger partial charge in [0.1, 0.15) is 28.7 Å². The van der Waals surface area contributed by atoms with Crippen molar-refractivity contribution in [3.05, 3.63) is 58.8 Å². The molecule has 228 valence electrons. The second-order valence-electron chi connectivity index (χ2n) is 11.9. The first kappa shape index (κ1) is 29.9. The highest BCUT2D eigenvalue weighted by atomic mass is 16.6. The van der Waals surface area contributed by atoms with E-state index in [1.165, 1.54) is 4.90 Å². The Hall–Kier alpha value is -4.54. The van der Waals surface area contributed by atoms with E-state index in [9.17, 15) is 14.4 Å². The molecule has 0 unspecified atom stereocenters. The number of imide groups is 1. The molecule has 0 radical (unpaired) electrons. The standard InChI is InChI=1S/C32H39N5O6/c1-20-14-23-18-35(31(40)43-32(2,3)4)12-10-21(23)15-25(20)29-33-17-27(34(29)5)36-13-11-28(38)37(30(36)39)19-22-8-9-24(41-6)16-26(22)42-7/h8-9,14-17H,10-13,18-19H2,1-7H3. The summed E-state index contributed by atoms with van der Waals surface area (Å²) in [7, 11) is 4.99. The molecule has 0 saturated carbocycles. The Bertz CT molecular complexity index is 1570. The Morgan fingerprint density at radius 3 is 2.47 bits per heavy atom. The number of carbonyl (C=O) groups is 3. The van der Waals surface area contributed by atoms with E-state index in [-0.39, 0.29) is 31.5 Å². The zero-order valence-corrected chi connectivity index (χ0v) is 25.9. The number of hydrogen-bond acceptors (Lipinski definition) is 7. The molecule has 0 N–H and O–H groups in total. The van der Waals surface area contributed by atoms with E-state index in [1.807, 2.05) is 39.3 Å². The number of fused-ring (bicyclic) bond motifs is 1. The third-order valence-electron chi connectivity index (χ3n) is 7.83. The molecular weight excluding hydrogens is 550 g/mol. The van der Waals surface area contributed by atoms with Gasteiger partial charge in [0.25, 0.3) is 0 Å². The van der Waals surface area contributed by atoms with Crippen molar-refractivity contribution in [3.63, 3.8) is 0 Å². The van der Waals surface area contributed by atoms with E-state index in [0.29, 0.717) is 42.4 Å². The number of anilines is 1. The van der Waals surface area contributed by atoms with Gasteiger partial charge in [-0.2, -0.15) is 0 Å². The van der Waals surface area contributed by atoms with E-state index >= 15 is 0 Å². The number of carbonyl (C=O) groups excluding carboxylic acids is 3. The fourth-order valence-corrected chi connectivity index (χ4v) is 5.57. The Balaban J connectivity index is 1.37. The molecular formula is C32H39N5O6. The van der Waals surface area contributed by atoms with Gasteiger partial charge in [-0.05, 0) is 69.0 Å². The molecule has 3 aromatic rings. The molecule has 11 nitrogen and oxygen atoms in total. The number of methoxy groups -OCH3 is 2. The van der Waals surface area contributed by atoms with Gasteiger partial charge in [0, 0.05) is 50.3 Å². The van der Waals surface area contributed by atoms with Gasteiger partial charge in [0.2, 0.25) is 5.91 Å². The van der Waals surface area contributed by atoms with Crippen molar-refractivity contribution in [2.75, 3.05) is 32.2 Å². The molecule has 1 saturated heterocycles. The molecule has 2 aliphatic heterocycles. The van der Waals surface area contributed by atoms with Crippen molar-refractivity contribution in [1.82, 2.24) is 19.4 Å². The zero-order chi connectivity index (χ0) is 31.1. The lowest BCUT2D eigenvalue weighted by molar-refractivity contribution is -0.129. The van der Waals surface area contributed by atoms with Crippen molar-refractivity contribution in [2.24, 2.45) is 7.05 Å². The van der Waals surface area contributed by atoms with Gasteiger partial charge in [-0.15, -0.1) is 0 Å². The van der Waals surface area contributed by atoms with Crippen LogP contribution >= 0.6 is 0 Å². The normalized spacial score (nSPS) is 15.5. The molecule has 43 heavy (non-hydrogen) atoms. The molecule has 5 rings (SSSR count). The van der Waals surface area contributed by atoms with Gasteiger partial charge in [-0.1, -0.05) is 6.07 Å². The predicted octanol–water partition coefficient (Wildman–Crippen LogP) is 5.06. The molecule has 11 heteroatoms. The summed E-state index contributed by atoms with van der Waals surface area (Å²) in [5.74, 6) is 2.24. The molecule has 0 spiro atoms. The van der Waals surface area contributed by atoms with E-state index in [0.717, 1.165) is 28.1 Å². The molecule has 1 aromatic heterocycles. The lowest BCUT2D eigenvalue weighted by Gasteiger charge is -2.34. The second-order valence-corrected chi connectivity index (χ2v) is 11.9. The average molecular weight is 590 g/mol. The number of nitrogens with zero attached hydrogens (tertiary/aromatic N) is 5. The summed E-state index contributed by atoms with van der Waals surface area (Å²) in [5, 5.41) is 0. The minimum Gasteiger partial charge on any atom is -0.497 e. The molecule has 0 bridgehead atoms. The molecule has 2 aliphatic rings. The summed E-state index contributed by atoms with van der Waals surface area (Å²) in [4.78, 5) is 48.5. The topological polar surface area (TPSA) is 106 Å². The number of aryl methyl sites for hydroxylation is 1. The highest BCUT2D eigenvalue weighted by Gasteiger charge is 2.35. The zero-order valence-electron chi connectivity index (χ0n) is 25.9. The quantitative estimate of drug-likeness (QED) is 0.395. The fraction of sp³-hybridized carbons (Fsp3) is 0.438. The van der Waals surface area contributed by atoms with Gasteiger partial charge < -0.3 is 23.7 Å². The number of aromatic nitrogens is 2. The average Bonchev–Trinajstić information content (AvgIpc) is 3.34. The van der Waals surface area contributed by atoms with Crippen LogP contribution in [0.1, 0.15) is 49.4 Å². The van der Waals surface area contributed by atoms with Crippen LogP contribution in [-0.2, 0) is 36.1 Å². The third-order valence-corrected chi connectivity index (χ3v) is 7.83. The highest BCUT2D eigenvalue weighted by molar-refractivity contribution is 6.05. The molecule has 2 aromatic carbocycles. The predicted molar refractivity (Wildman–Crippen MR) is 161 cm³/mol. The minimum absolute atomic E-state index is 0.0796. The first-order valence-corrected chi connectivity index (χ1v) is 14.4. The number of hydrogen-bond donors (Lipinski definition) is 0. The van der Waals surface area contributed by atoms with Crippen molar-refractivity contribution in [2.45, 2.75) is 59.2 Å². The van der Waals surface area contributed by atoms with Gasteiger partial charge >= 0.3 is 12.1 Å². The van der Waals surface area contributed by atoms with Crippen LogP contribution < -0.4 is 14.4 Å². The van der Waals surface area contributed by atoms with Crippen LogP contribution in [-0.4, -0.2) is 70.3 Å². The minimum atomic E-state index is -0.546. The summed E-state index contributed by atoms with van der Waals surface area (Å²) in [6.45, 7) is 9.02. The lowest BCUT2D eigenvalue weighted by atomic mass is 9.94. The van der Waals surface area contributed by atoms with Crippen LogP contribution in [0.25, 0.3) is 11.4 Å². The monoisotopic (exact) mass is 589 g/mol. The van der Waals surface area contributed by atoms with Crippen LogP contribution in [0, 0.1) is 6.92 Å². The van der Waals surface area contributed by atoms with Gasteiger partial charge in [-0.25, -0.2) is 14.6 Å². The first-order chi connectivity index (χ1) is 20.4. The van der Waals surface area contributed by atoms with Gasteiger partial charge in [0.05, 0.1) is 27.0 Å². The number of urea groups is 1. The third kappa shape index (κ3) is 6.02. The molecule has 4 amide bonds. The second kappa shape index (κ2) is 11.6. The van der Waals surface area contributed by atoms with E-state index in [4.69, 9.17) is 19.2 Å². The highest BCUT2D eigenvalue weighted by Crippen LogP contribution is 2.33. The van der Waals surface area contributed by atoms with Crippen LogP contribution in [0.2, 0.25) is 0 Å². The van der Waals surface area contributed by atoms with E-state index in [1.54, 1.807) is 48.4 Å². The van der Waals surface area contributed by atoms with Gasteiger partial charge in [-0.3, -0.25) is 14.6 Å². The van der Waals surface area contributed by atoms with Crippen molar-refractivity contribution in [1.29, 1.82) is 0 Å². The Morgan fingerprint density at radius 1 is 1.00 bits per heavy atom. The fourth-order valence-electron chi connectivity index (χ4n) is 5.57. The molecule has 0 aliphatic carbocycles. The Morgan fingerprint density at radius 2 is 1.77 bits per heavy atom. The summed E-state index contributed by atoms with van der Waals surface area (Å²) in [6.07, 6.45) is 2.27. The summed E-state index contributed by atoms with van der Waals surface area (Å²) >= 11 is 0. The molecule has 3 heterocycles. The smallest absolute Gasteiger partial charge is 0.410 e. The number of benzene rings is 2. The summed E-state index contributed by atoms with van der Waals surface area (Å²) in [6, 6.07) is 9.13. The largest absolute Gasteiger partial charge is 0.497 e. The van der Waals surface area contributed by atoms with Crippen molar-refractivity contribution >= 4 is 23.8 Å². The number of amides is 4. The van der Waals surface area contributed by atoms with Gasteiger partial charge in [0.15, 0.2) is 0 Å².